The fourth-order valence-corrected chi connectivity index (χ4v) is 4.19. The zero-order valence-corrected chi connectivity index (χ0v) is 22.1. The van der Waals surface area contributed by atoms with Crippen LogP contribution in [-0.4, -0.2) is 59.1 Å². The first-order chi connectivity index (χ1) is 18.2. The lowest BCUT2D eigenvalue weighted by Gasteiger charge is -2.33. The maximum atomic E-state index is 13.8. The Labute approximate surface area is 228 Å². The smallest absolute Gasteiger partial charge is 0.359 e. The molecule has 16 heteroatoms. The standard InChI is InChI=1S/C22H23BrClF3N6O5/c1-34-11-37-16-14(28)9-35-20(12-5-3-2-4-6-12)38-30-10-36-17(16)19-31-21(23)32-33(19)15-7-13(24)8-29-18(15)22(25,26)27/h2-8,14,16-17,20,30H,9-11,28H2,1H3. The number of pyridine rings is 1. The first kappa shape index (κ1) is 28.8. The summed E-state index contributed by atoms with van der Waals surface area (Å²) in [6.07, 6.45) is -6.93. The highest BCUT2D eigenvalue weighted by Crippen LogP contribution is 2.36. The fraction of sp³-hybridized carbons (Fsp3) is 0.409. The molecule has 11 nitrogen and oxygen atoms in total. The SMILES string of the molecule is COCOC1C(N)COC(c2ccccc2)ONCOC1c1nc(Br)nn1-c1cc(Cl)cnc1C(F)(F)F. The van der Waals surface area contributed by atoms with Crippen LogP contribution >= 0.6 is 27.5 Å². The second-order valence-electron chi connectivity index (χ2n) is 7.94. The van der Waals surface area contributed by atoms with Gasteiger partial charge in [0.2, 0.25) is 11.0 Å². The molecule has 0 radical (unpaired) electrons. The fourth-order valence-electron chi connectivity index (χ4n) is 3.70. The van der Waals surface area contributed by atoms with Crippen molar-refractivity contribution in [1.82, 2.24) is 25.2 Å². The quantitative estimate of drug-likeness (QED) is 0.393. The van der Waals surface area contributed by atoms with Gasteiger partial charge in [-0.05, 0) is 22.0 Å². The van der Waals surface area contributed by atoms with E-state index in [0.29, 0.717) is 0 Å². The minimum atomic E-state index is -4.81. The lowest BCUT2D eigenvalue weighted by Crippen LogP contribution is -2.48. The lowest BCUT2D eigenvalue weighted by molar-refractivity contribution is -0.234. The molecule has 0 aliphatic carbocycles. The molecular weight excluding hydrogens is 601 g/mol. The number of nitrogens with one attached hydrogen (secondary N) is 1. The lowest BCUT2D eigenvalue weighted by atomic mass is 10.1. The Kier molecular flexibility index (Phi) is 9.67. The summed E-state index contributed by atoms with van der Waals surface area (Å²) in [7, 11) is 1.41. The van der Waals surface area contributed by atoms with E-state index in [1.165, 1.54) is 7.11 Å². The highest BCUT2D eigenvalue weighted by Gasteiger charge is 2.40. The summed E-state index contributed by atoms with van der Waals surface area (Å²) < 4.78 is 65.1. The molecule has 1 saturated heterocycles. The predicted octanol–water partition coefficient (Wildman–Crippen LogP) is 3.68. The molecule has 1 aliphatic heterocycles. The Bertz CT molecular complexity index is 1210. The first-order valence-corrected chi connectivity index (χ1v) is 12.2. The molecule has 3 aromatic rings. The van der Waals surface area contributed by atoms with E-state index in [4.69, 9.17) is 41.1 Å². The summed E-state index contributed by atoms with van der Waals surface area (Å²) in [5.41, 5.74) is 8.12. The van der Waals surface area contributed by atoms with Crippen molar-refractivity contribution in [3.63, 3.8) is 0 Å². The van der Waals surface area contributed by atoms with Gasteiger partial charge in [0.25, 0.3) is 0 Å². The largest absolute Gasteiger partial charge is 0.435 e. The molecule has 0 saturated carbocycles. The molecule has 0 bridgehead atoms. The molecule has 4 atom stereocenters. The monoisotopic (exact) mass is 622 g/mol. The second kappa shape index (κ2) is 12.8. The van der Waals surface area contributed by atoms with Gasteiger partial charge in [-0.3, -0.25) is 4.84 Å². The highest BCUT2D eigenvalue weighted by atomic mass is 79.9. The minimum Gasteiger partial charge on any atom is -0.359 e. The number of aromatic nitrogens is 4. The summed E-state index contributed by atoms with van der Waals surface area (Å²) >= 11 is 9.12. The van der Waals surface area contributed by atoms with Crippen molar-refractivity contribution in [2.45, 2.75) is 30.7 Å². The van der Waals surface area contributed by atoms with Crippen molar-refractivity contribution < 1.29 is 37.0 Å². The van der Waals surface area contributed by atoms with Crippen molar-refractivity contribution in [2.24, 2.45) is 5.73 Å². The zero-order valence-electron chi connectivity index (χ0n) is 19.8. The highest BCUT2D eigenvalue weighted by molar-refractivity contribution is 9.10. The number of hydroxylamine groups is 1. The number of rotatable bonds is 6. The molecule has 1 aliphatic rings. The summed E-state index contributed by atoms with van der Waals surface area (Å²) in [6, 6.07) is 9.31. The van der Waals surface area contributed by atoms with Crippen molar-refractivity contribution in [2.75, 3.05) is 27.2 Å². The number of hydrogen-bond donors (Lipinski definition) is 2. The molecule has 4 unspecified atom stereocenters. The van der Waals surface area contributed by atoms with Crippen molar-refractivity contribution >= 4 is 27.5 Å². The number of nitrogens with zero attached hydrogens (tertiary/aromatic N) is 4. The zero-order chi connectivity index (χ0) is 27.3. The van der Waals surface area contributed by atoms with Gasteiger partial charge in [0, 0.05) is 18.9 Å². The molecule has 2 aromatic heterocycles. The van der Waals surface area contributed by atoms with Crippen LogP contribution in [0, 0.1) is 0 Å². The topological polar surface area (TPSA) is 128 Å². The van der Waals surface area contributed by atoms with Crippen LogP contribution in [0.1, 0.15) is 29.5 Å². The first-order valence-electron chi connectivity index (χ1n) is 11.1. The third-order valence-electron chi connectivity index (χ3n) is 5.31. The van der Waals surface area contributed by atoms with E-state index in [9.17, 15) is 13.2 Å². The van der Waals surface area contributed by atoms with E-state index >= 15 is 0 Å². The predicted molar refractivity (Wildman–Crippen MR) is 130 cm³/mol. The molecule has 38 heavy (non-hydrogen) atoms. The number of hydrogen-bond acceptors (Lipinski definition) is 10. The normalized spacial score (nSPS) is 23.3. The Morgan fingerprint density at radius 2 is 2.03 bits per heavy atom. The second-order valence-corrected chi connectivity index (χ2v) is 9.09. The molecule has 1 fully saturated rings. The molecule has 3 N–H and O–H groups in total. The molecular formula is C22H23BrClF3N6O5. The summed E-state index contributed by atoms with van der Waals surface area (Å²) in [5, 5.41) is 4.05. The third-order valence-corrected chi connectivity index (χ3v) is 5.86. The van der Waals surface area contributed by atoms with Gasteiger partial charge in [0.1, 0.15) is 25.7 Å². The number of halogens is 5. The molecule has 1 aromatic carbocycles. The average molecular weight is 624 g/mol. The van der Waals surface area contributed by atoms with E-state index in [1.54, 1.807) is 0 Å². The molecule has 3 heterocycles. The van der Waals surface area contributed by atoms with E-state index < -0.39 is 42.1 Å². The Morgan fingerprint density at radius 3 is 2.74 bits per heavy atom. The van der Waals surface area contributed by atoms with Crippen LogP contribution in [0.4, 0.5) is 13.2 Å². The molecule has 206 valence electrons. The Hall–Kier alpha value is -2.21. The van der Waals surface area contributed by atoms with Crippen LogP contribution in [-0.2, 0) is 30.0 Å². The van der Waals surface area contributed by atoms with Gasteiger partial charge in [0.05, 0.1) is 23.4 Å². The van der Waals surface area contributed by atoms with Crippen molar-refractivity contribution in [1.29, 1.82) is 0 Å². The molecule has 0 spiro atoms. The van der Waals surface area contributed by atoms with E-state index in [0.717, 1.165) is 22.5 Å². The Balaban J connectivity index is 1.72. The minimum absolute atomic E-state index is 0.0232. The Morgan fingerprint density at radius 1 is 1.26 bits per heavy atom. The van der Waals surface area contributed by atoms with Crippen LogP contribution in [0.3, 0.4) is 0 Å². The number of benzene rings is 1. The van der Waals surface area contributed by atoms with Crippen LogP contribution in [0.25, 0.3) is 5.69 Å². The van der Waals surface area contributed by atoms with Gasteiger partial charge < -0.3 is 24.7 Å². The van der Waals surface area contributed by atoms with Crippen molar-refractivity contribution in [3.8, 4) is 5.69 Å². The van der Waals surface area contributed by atoms with Crippen molar-refractivity contribution in [3.05, 3.63) is 69.4 Å². The van der Waals surface area contributed by atoms with E-state index in [-0.39, 0.29) is 35.7 Å². The van der Waals surface area contributed by atoms with E-state index in [1.807, 2.05) is 30.3 Å². The molecule has 0 amide bonds. The maximum Gasteiger partial charge on any atom is 0.435 e. The maximum absolute atomic E-state index is 13.8. The van der Waals surface area contributed by atoms with Crippen LogP contribution in [0.2, 0.25) is 5.02 Å². The van der Waals surface area contributed by atoms with Gasteiger partial charge >= 0.3 is 6.18 Å². The van der Waals surface area contributed by atoms with Gasteiger partial charge in [-0.25, -0.2) is 14.6 Å². The van der Waals surface area contributed by atoms with Crippen LogP contribution in [0.15, 0.2) is 47.3 Å². The summed E-state index contributed by atoms with van der Waals surface area (Å²) in [6.45, 7) is -0.537. The number of nitrogens with two attached hydrogens (primary N) is 1. The number of methoxy groups -OCH3 is 1. The molecule has 4 rings (SSSR count). The van der Waals surface area contributed by atoms with Gasteiger partial charge in [-0.15, -0.1) is 5.10 Å². The van der Waals surface area contributed by atoms with Gasteiger partial charge in [-0.1, -0.05) is 41.9 Å². The van der Waals surface area contributed by atoms with Crippen LogP contribution in [0.5, 0.6) is 0 Å². The van der Waals surface area contributed by atoms with Gasteiger partial charge in [-0.2, -0.15) is 18.7 Å². The number of ether oxygens (including phenoxy) is 4. The summed E-state index contributed by atoms with van der Waals surface area (Å²) in [4.78, 5) is 13.3. The van der Waals surface area contributed by atoms with E-state index in [2.05, 4.69) is 36.5 Å². The third kappa shape index (κ3) is 6.86. The average Bonchev–Trinajstić information content (AvgIpc) is 3.27. The van der Waals surface area contributed by atoms with Crippen LogP contribution < -0.4 is 11.2 Å². The van der Waals surface area contributed by atoms with Gasteiger partial charge in [0.15, 0.2) is 11.5 Å². The summed E-state index contributed by atoms with van der Waals surface area (Å²) in [5.74, 6) is -0.0787. The number of alkyl halides is 3.